The monoisotopic (exact) mass is 348 g/mol. The SMILES string of the molecule is O=C(COc1ccc(Cl)cc1)N1CCN(C(=O)c2ccoc2)CC1. The smallest absolute Gasteiger partial charge is 0.260 e. The Bertz CT molecular complexity index is 692. The average molecular weight is 349 g/mol. The molecule has 0 spiro atoms. The Hall–Kier alpha value is -2.47. The molecule has 126 valence electrons. The lowest BCUT2D eigenvalue weighted by atomic mass is 10.2. The molecular formula is C17H17ClN2O4. The molecule has 7 heteroatoms. The quantitative estimate of drug-likeness (QED) is 0.850. The number of hydrogen-bond acceptors (Lipinski definition) is 4. The molecule has 1 aliphatic heterocycles. The highest BCUT2D eigenvalue weighted by molar-refractivity contribution is 6.30. The van der Waals surface area contributed by atoms with Crippen molar-refractivity contribution in [2.75, 3.05) is 32.8 Å². The van der Waals surface area contributed by atoms with Gasteiger partial charge in [0.05, 0.1) is 11.8 Å². The summed E-state index contributed by atoms with van der Waals surface area (Å²) in [6, 6.07) is 8.50. The minimum absolute atomic E-state index is 0.0304. The molecule has 0 unspecified atom stereocenters. The first kappa shape index (κ1) is 16.4. The van der Waals surface area contributed by atoms with Crippen LogP contribution in [-0.4, -0.2) is 54.4 Å². The molecule has 0 N–H and O–H groups in total. The van der Waals surface area contributed by atoms with Gasteiger partial charge in [-0.1, -0.05) is 11.6 Å². The minimum atomic E-state index is -0.0969. The fraction of sp³-hybridized carbons (Fsp3) is 0.294. The molecular weight excluding hydrogens is 332 g/mol. The topological polar surface area (TPSA) is 63.0 Å². The van der Waals surface area contributed by atoms with Crippen molar-refractivity contribution in [2.45, 2.75) is 0 Å². The van der Waals surface area contributed by atoms with E-state index in [1.54, 1.807) is 40.1 Å². The number of nitrogens with zero attached hydrogens (tertiary/aromatic N) is 2. The fourth-order valence-corrected chi connectivity index (χ4v) is 2.62. The summed E-state index contributed by atoms with van der Waals surface area (Å²) in [4.78, 5) is 27.8. The highest BCUT2D eigenvalue weighted by Gasteiger charge is 2.25. The van der Waals surface area contributed by atoms with Crippen LogP contribution in [0.2, 0.25) is 5.02 Å². The van der Waals surface area contributed by atoms with Crippen LogP contribution < -0.4 is 4.74 Å². The highest BCUT2D eigenvalue weighted by Crippen LogP contribution is 2.16. The van der Waals surface area contributed by atoms with E-state index in [0.717, 1.165) is 0 Å². The van der Waals surface area contributed by atoms with E-state index in [4.69, 9.17) is 20.8 Å². The summed E-state index contributed by atoms with van der Waals surface area (Å²) in [7, 11) is 0. The van der Waals surface area contributed by atoms with Crippen LogP contribution in [0.1, 0.15) is 10.4 Å². The first-order valence-electron chi connectivity index (χ1n) is 7.61. The lowest BCUT2D eigenvalue weighted by Crippen LogP contribution is -2.51. The number of carbonyl (C=O) groups is 2. The third kappa shape index (κ3) is 3.89. The molecule has 0 saturated carbocycles. The van der Waals surface area contributed by atoms with Gasteiger partial charge < -0.3 is 19.0 Å². The van der Waals surface area contributed by atoms with Crippen molar-refractivity contribution < 1.29 is 18.7 Å². The first-order chi connectivity index (χ1) is 11.6. The van der Waals surface area contributed by atoms with Gasteiger partial charge in [-0.2, -0.15) is 0 Å². The molecule has 1 aliphatic rings. The van der Waals surface area contributed by atoms with Gasteiger partial charge >= 0.3 is 0 Å². The molecule has 2 aromatic rings. The number of hydrogen-bond donors (Lipinski definition) is 0. The summed E-state index contributed by atoms with van der Waals surface area (Å²) in [5.41, 5.74) is 0.529. The molecule has 1 aromatic heterocycles. The van der Waals surface area contributed by atoms with Crippen LogP contribution in [-0.2, 0) is 4.79 Å². The maximum absolute atomic E-state index is 12.2. The minimum Gasteiger partial charge on any atom is -0.484 e. The zero-order valence-electron chi connectivity index (χ0n) is 13.0. The molecule has 2 heterocycles. The normalized spacial score (nSPS) is 14.5. The lowest BCUT2D eigenvalue weighted by molar-refractivity contribution is -0.134. The molecule has 0 bridgehead atoms. The Morgan fingerprint density at radius 1 is 1.04 bits per heavy atom. The van der Waals surface area contributed by atoms with Crippen molar-refractivity contribution >= 4 is 23.4 Å². The largest absolute Gasteiger partial charge is 0.484 e. The zero-order chi connectivity index (χ0) is 16.9. The molecule has 3 rings (SSSR count). The molecule has 24 heavy (non-hydrogen) atoms. The van der Waals surface area contributed by atoms with Gasteiger partial charge in [-0.25, -0.2) is 0 Å². The summed E-state index contributed by atoms with van der Waals surface area (Å²) in [6.45, 7) is 1.95. The van der Waals surface area contributed by atoms with Crippen molar-refractivity contribution in [3.63, 3.8) is 0 Å². The zero-order valence-corrected chi connectivity index (χ0v) is 13.7. The highest BCUT2D eigenvalue weighted by atomic mass is 35.5. The Morgan fingerprint density at radius 3 is 2.33 bits per heavy atom. The van der Waals surface area contributed by atoms with Gasteiger partial charge in [-0.05, 0) is 30.3 Å². The number of carbonyl (C=O) groups excluding carboxylic acids is 2. The second-order valence-electron chi connectivity index (χ2n) is 5.43. The van der Waals surface area contributed by atoms with Crippen molar-refractivity contribution in [1.29, 1.82) is 0 Å². The molecule has 1 saturated heterocycles. The van der Waals surface area contributed by atoms with E-state index >= 15 is 0 Å². The summed E-state index contributed by atoms with van der Waals surface area (Å²) in [5, 5.41) is 0.618. The number of ether oxygens (including phenoxy) is 1. The van der Waals surface area contributed by atoms with E-state index in [1.165, 1.54) is 12.5 Å². The first-order valence-corrected chi connectivity index (χ1v) is 7.99. The van der Waals surface area contributed by atoms with Crippen LogP contribution >= 0.6 is 11.6 Å². The van der Waals surface area contributed by atoms with E-state index in [-0.39, 0.29) is 18.4 Å². The number of piperazine rings is 1. The Kier molecular flexibility index (Phi) is 5.05. The number of benzene rings is 1. The van der Waals surface area contributed by atoms with E-state index < -0.39 is 0 Å². The molecule has 1 aromatic carbocycles. The van der Waals surface area contributed by atoms with Crippen molar-refractivity contribution in [2.24, 2.45) is 0 Å². The van der Waals surface area contributed by atoms with Crippen LogP contribution in [0.4, 0.5) is 0 Å². The van der Waals surface area contributed by atoms with Crippen LogP contribution in [0, 0.1) is 0 Å². The van der Waals surface area contributed by atoms with Gasteiger partial charge in [-0.3, -0.25) is 9.59 Å². The van der Waals surface area contributed by atoms with Gasteiger partial charge in [0.2, 0.25) is 0 Å². The second-order valence-corrected chi connectivity index (χ2v) is 5.86. The summed E-state index contributed by atoms with van der Waals surface area (Å²) < 4.78 is 10.4. The predicted octanol–water partition coefficient (Wildman–Crippen LogP) is 2.30. The summed E-state index contributed by atoms with van der Waals surface area (Å²) in [5.74, 6) is 0.426. The van der Waals surface area contributed by atoms with E-state index in [2.05, 4.69) is 0 Å². The van der Waals surface area contributed by atoms with Crippen molar-refractivity contribution in [3.05, 3.63) is 53.4 Å². The van der Waals surface area contributed by atoms with Gasteiger partial charge in [0.15, 0.2) is 6.61 Å². The van der Waals surface area contributed by atoms with Crippen LogP contribution in [0.25, 0.3) is 0 Å². The maximum Gasteiger partial charge on any atom is 0.260 e. The number of furan rings is 1. The standard InChI is InChI=1S/C17H17ClN2O4/c18-14-1-3-15(4-2-14)24-12-16(21)19-6-8-20(9-7-19)17(22)13-5-10-23-11-13/h1-5,10-11H,6-9,12H2. The third-order valence-electron chi connectivity index (χ3n) is 3.86. The lowest BCUT2D eigenvalue weighted by Gasteiger charge is -2.34. The van der Waals surface area contributed by atoms with Crippen molar-refractivity contribution in [3.8, 4) is 5.75 Å². The Morgan fingerprint density at radius 2 is 1.71 bits per heavy atom. The molecule has 6 nitrogen and oxygen atoms in total. The van der Waals surface area contributed by atoms with Crippen LogP contribution in [0.3, 0.4) is 0 Å². The molecule has 2 amide bonds. The van der Waals surface area contributed by atoms with Gasteiger partial charge in [0.25, 0.3) is 11.8 Å². The maximum atomic E-state index is 12.2. The Balaban J connectivity index is 1.46. The summed E-state index contributed by atoms with van der Waals surface area (Å²) in [6.07, 6.45) is 2.90. The van der Waals surface area contributed by atoms with E-state index in [9.17, 15) is 9.59 Å². The van der Waals surface area contributed by atoms with Crippen LogP contribution in [0.15, 0.2) is 47.3 Å². The fourth-order valence-electron chi connectivity index (χ4n) is 2.49. The number of halogens is 1. The van der Waals surface area contributed by atoms with Crippen LogP contribution in [0.5, 0.6) is 5.75 Å². The number of rotatable bonds is 4. The van der Waals surface area contributed by atoms with Gasteiger partial charge in [-0.15, -0.1) is 0 Å². The molecule has 0 atom stereocenters. The average Bonchev–Trinajstić information content (AvgIpc) is 3.15. The molecule has 1 fully saturated rings. The molecule has 0 aliphatic carbocycles. The second kappa shape index (κ2) is 7.40. The van der Waals surface area contributed by atoms with Gasteiger partial charge in [0, 0.05) is 31.2 Å². The number of amides is 2. The predicted molar refractivity (Wildman–Crippen MR) is 88.1 cm³/mol. The summed E-state index contributed by atoms with van der Waals surface area (Å²) >= 11 is 5.80. The molecule has 0 radical (unpaired) electrons. The van der Waals surface area contributed by atoms with Gasteiger partial charge in [0.1, 0.15) is 12.0 Å². The van der Waals surface area contributed by atoms with Crippen molar-refractivity contribution in [1.82, 2.24) is 9.80 Å². The van der Waals surface area contributed by atoms with E-state index in [1.807, 2.05) is 0 Å². The third-order valence-corrected chi connectivity index (χ3v) is 4.12. The Labute approximate surface area is 144 Å². The van der Waals surface area contributed by atoms with E-state index in [0.29, 0.717) is 42.5 Å².